The van der Waals surface area contributed by atoms with Crippen molar-refractivity contribution >= 4 is 22.1 Å². The molecule has 0 spiro atoms. The van der Waals surface area contributed by atoms with Crippen LogP contribution in [0.15, 0.2) is 0 Å². The number of esters is 2. The molecule has 0 saturated carbocycles. The van der Waals surface area contributed by atoms with Gasteiger partial charge in [0.1, 0.15) is 36.8 Å². The Balaban J connectivity index is 2.55. The molecular formula is C35H66O12S. The number of rotatable bonds is 30. The van der Waals surface area contributed by atoms with Crippen molar-refractivity contribution in [3.05, 3.63) is 0 Å². The monoisotopic (exact) mass is 710 g/mol. The maximum atomic E-state index is 12.7. The molecule has 0 aromatic rings. The highest BCUT2D eigenvalue weighted by molar-refractivity contribution is 7.85. The van der Waals surface area contributed by atoms with Crippen LogP contribution in [0.25, 0.3) is 0 Å². The van der Waals surface area contributed by atoms with Crippen LogP contribution in [0, 0.1) is 0 Å². The summed E-state index contributed by atoms with van der Waals surface area (Å²) < 4.78 is 53.7. The molecule has 0 bridgehead atoms. The van der Waals surface area contributed by atoms with E-state index in [2.05, 4.69) is 13.8 Å². The fourth-order valence-corrected chi connectivity index (χ4v) is 6.43. The van der Waals surface area contributed by atoms with Gasteiger partial charge in [-0.05, 0) is 12.8 Å². The van der Waals surface area contributed by atoms with E-state index in [1.165, 1.54) is 77.0 Å². The summed E-state index contributed by atoms with van der Waals surface area (Å²) in [5.74, 6) is -1.98. The average molecular weight is 711 g/mol. The second kappa shape index (κ2) is 27.4. The summed E-state index contributed by atoms with van der Waals surface area (Å²) in [6.07, 6.45) is 13.2. The number of hydrogen-bond donors (Lipinski definition) is 4. The molecule has 48 heavy (non-hydrogen) atoms. The predicted octanol–water partition coefficient (Wildman–Crippen LogP) is 5.78. The number of aliphatic hydroxyl groups is 3. The zero-order valence-corrected chi connectivity index (χ0v) is 30.4. The molecule has 0 aliphatic carbocycles. The van der Waals surface area contributed by atoms with Crippen LogP contribution >= 0.6 is 0 Å². The fraction of sp³-hybridized carbons (Fsp3) is 0.943. The van der Waals surface area contributed by atoms with Gasteiger partial charge in [0.05, 0.1) is 6.61 Å². The minimum Gasteiger partial charge on any atom is -0.462 e. The third kappa shape index (κ3) is 22.4. The summed E-state index contributed by atoms with van der Waals surface area (Å²) >= 11 is 0. The van der Waals surface area contributed by atoms with Crippen LogP contribution in [0.2, 0.25) is 0 Å². The Hall–Kier alpha value is -1.35. The molecule has 6 atom stereocenters. The van der Waals surface area contributed by atoms with Crippen LogP contribution in [0.5, 0.6) is 0 Å². The third-order valence-corrected chi connectivity index (χ3v) is 9.44. The van der Waals surface area contributed by atoms with Crippen molar-refractivity contribution in [3.63, 3.8) is 0 Å². The van der Waals surface area contributed by atoms with Crippen LogP contribution < -0.4 is 0 Å². The van der Waals surface area contributed by atoms with E-state index < -0.39 is 71.2 Å². The topological polar surface area (TPSA) is 186 Å². The van der Waals surface area contributed by atoms with Crippen molar-refractivity contribution < 1.29 is 56.8 Å². The molecule has 1 aliphatic heterocycles. The zero-order chi connectivity index (χ0) is 35.6. The van der Waals surface area contributed by atoms with E-state index >= 15 is 0 Å². The van der Waals surface area contributed by atoms with Crippen LogP contribution in [0.4, 0.5) is 0 Å². The lowest BCUT2D eigenvalue weighted by Gasteiger charge is -2.40. The minimum absolute atomic E-state index is 0.170. The largest absolute Gasteiger partial charge is 0.462 e. The molecule has 1 aliphatic rings. The molecule has 0 aromatic carbocycles. The summed E-state index contributed by atoms with van der Waals surface area (Å²) in [6.45, 7) is 3.69. The second-order valence-corrected chi connectivity index (χ2v) is 14.8. The molecule has 13 heteroatoms. The Bertz CT molecular complexity index is 931. The summed E-state index contributed by atoms with van der Waals surface area (Å²) in [6, 6.07) is 0. The van der Waals surface area contributed by atoms with Crippen LogP contribution in [-0.2, 0) is 38.7 Å². The number of ether oxygens (including phenoxy) is 4. The Morgan fingerprint density at radius 2 is 1.06 bits per heavy atom. The highest BCUT2D eigenvalue weighted by Gasteiger charge is 2.46. The highest BCUT2D eigenvalue weighted by Crippen LogP contribution is 2.24. The number of hydrogen-bond acceptors (Lipinski definition) is 11. The Morgan fingerprint density at radius 1 is 0.625 bits per heavy atom. The van der Waals surface area contributed by atoms with Crippen molar-refractivity contribution in [1.29, 1.82) is 0 Å². The van der Waals surface area contributed by atoms with E-state index in [0.29, 0.717) is 12.8 Å². The van der Waals surface area contributed by atoms with Gasteiger partial charge in [-0.15, -0.1) is 0 Å². The van der Waals surface area contributed by atoms with Gasteiger partial charge in [-0.3, -0.25) is 14.1 Å². The maximum absolute atomic E-state index is 12.7. The van der Waals surface area contributed by atoms with Gasteiger partial charge in [0, 0.05) is 12.8 Å². The summed E-state index contributed by atoms with van der Waals surface area (Å²) in [5, 5.41) is 30.7. The molecule has 1 heterocycles. The average Bonchev–Trinajstić information content (AvgIpc) is 3.04. The second-order valence-electron chi connectivity index (χ2n) is 13.3. The smallest absolute Gasteiger partial charge is 0.306 e. The van der Waals surface area contributed by atoms with Gasteiger partial charge >= 0.3 is 11.9 Å². The normalized spacial score (nSPS) is 22.0. The predicted molar refractivity (Wildman–Crippen MR) is 183 cm³/mol. The number of unbranched alkanes of at least 4 members (excludes halogenated alkanes) is 18. The lowest BCUT2D eigenvalue weighted by atomic mass is 10.00. The zero-order valence-electron chi connectivity index (χ0n) is 29.6. The molecule has 284 valence electrons. The van der Waals surface area contributed by atoms with Gasteiger partial charge in [-0.1, -0.05) is 129 Å². The third-order valence-electron chi connectivity index (χ3n) is 8.69. The Kier molecular flexibility index (Phi) is 25.5. The summed E-state index contributed by atoms with van der Waals surface area (Å²) in [5.41, 5.74) is 0. The first-order valence-corrected chi connectivity index (χ1v) is 20.2. The van der Waals surface area contributed by atoms with E-state index in [0.717, 1.165) is 38.5 Å². The van der Waals surface area contributed by atoms with E-state index in [4.69, 9.17) is 18.9 Å². The summed E-state index contributed by atoms with van der Waals surface area (Å²) in [7, 11) is -4.59. The Morgan fingerprint density at radius 3 is 1.52 bits per heavy atom. The SMILES string of the molecule is CCCCCCCCCCCCCC(=O)O[C@H](COC(=O)CCCCCCCCCCC)CO[C@H]1O[C@H](CS(=O)(=O)O)[C@@H](O)C(O)C1O. The first-order chi connectivity index (χ1) is 23.0. The Labute approximate surface area is 289 Å². The van der Waals surface area contributed by atoms with Crippen molar-refractivity contribution in [2.24, 2.45) is 0 Å². The molecule has 0 aromatic heterocycles. The lowest BCUT2D eigenvalue weighted by Crippen LogP contribution is -2.60. The highest BCUT2D eigenvalue weighted by atomic mass is 32.2. The lowest BCUT2D eigenvalue weighted by molar-refractivity contribution is -0.297. The van der Waals surface area contributed by atoms with Gasteiger partial charge in [0.25, 0.3) is 10.1 Å². The van der Waals surface area contributed by atoms with Crippen molar-refractivity contribution in [2.75, 3.05) is 19.0 Å². The van der Waals surface area contributed by atoms with E-state index in [1.54, 1.807) is 0 Å². The first kappa shape index (κ1) is 44.7. The molecule has 0 amide bonds. The number of carbonyl (C=O) groups excluding carboxylic acids is 2. The van der Waals surface area contributed by atoms with Crippen LogP contribution in [-0.4, -0.2) is 96.0 Å². The van der Waals surface area contributed by atoms with Crippen LogP contribution in [0.3, 0.4) is 0 Å². The summed E-state index contributed by atoms with van der Waals surface area (Å²) in [4.78, 5) is 25.1. The van der Waals surface area contributed by atoms with Gasteiger partial charge in [0.2, 0.25) is 0 Å². The molecule has 0 radical (unpaired) electrons. The standard InChI is InChI=1S/C35H66O12S/c1-3-5-7-9-11-13-14-16-18-20-22-24-31(37)46-28(25-44-30(36)23-21-19-17-15-12-10-8-6-4-2)26-45-35-34(40)33(39)32(38)29(47-35)27-48(41,42)43/h28-29,32-35,38-40H,3-27H2,1-2H3,(H,41,42,43)/t28-,29-,32-,33?,34?,35+/m1/s1. The van der Waals surface area contributed by atoms with Crippen molar-refractivity contribution in [2.45, 2.75) is 192 Å². The van der Waals surface area contributed by atoms with E-state index in [-0.39, 0.29) is 19.4 Å². The quantitative estimate of drug-likeness (QED) is 0.0401. The van der Waals surface area contributed by atoms with Gasteiger partial charge < -0.3 is 34.3 Å². The van der Waals surface area contributed by atoms with Crippen LogP contribution in [0.1, 0.15) is 155 Å². The molecule has 12 nitrogen and oxygen atoms in total. The molecule has 1 saturated heterocycles. The molecule has 1 rings (SSSR count). The molecule has 2 unspecified atom stereocenters. The van der Waals surface area contributed by atoms with Crippen molar-refractivity contribution in [1.82, 2.24) is 0 Å². The van der Waals surface area contributed by atoms with Gasteiger partial charge in [0.15, 0.2) is 12.4 Å². The molecule has 1 fully saturated rings. The van der Waals surface area contributed by atoms with E-state index in [1.807, 2.05) is 0 Å². The molecular weight excluding hydrogens is 644 g/mol. The van der Waals surface area contributed by atoms with Gasteiger partial charge in [-0.2, -0.15) is 8.42 Å². The minimum atomic E-state index is -4.59. The number of aliphatic hydroxyl groups excluding tert-OH is 3. The maximum Gasteiger partial charge on any atom is 0.306 e. The van der Waals surface area contributed by atoms with Gasteiger partial charge in [-0.25, -0.2) is 0 Å². The fourth-order valence-electron chi connectivity index (χ4n) is 5.73. The molecule has 4 N–H and O–H groups in total. The number of carbonyl (C=O) groups is 2. The first-order valence-electron chi connectivity index (χ1n) is 18.6. The van der Waals surface area contributed by atoms with E-state index in [9.17, 15) is 37.9 Å². The van der Waals surface area contributed by atoms with Crippen molar-refractivity contribution in [3.8, 4) is 0 Å².